The molecule has 3 N–H and O–H groups in total. The van der Waals surface area contributed by atoms with Crippen LogP contribution in [0, 0.1) is 5.41 Å². The largest absolute Gasteiger partial charge is 0.504 e. The fourth-order valence-corrected chi connectivity index (χ4v) is 2.30. The summed E-state index contributed by atoms with van der Waals surface area (Å²) in [7, 11) is 1.48. The number of aliphatic hydroxyl groups excluding tert-OH is 1. The Morgan fingerprint density at radius 3 is 2.55 bits per heavy atom. The van der Waals surface area contributed by atoms with Gasteiger partial charge in [0, 0.05) is 29.7 Å². The zero-order chi connectivity index (χ0) is 15.3. The predicted molar refractivity (Wildman–Crippen MR) is 81.5 cm³/mol. The lowest BCUT2D eigenvalue weighted by molar-refractivity contribution is 0.119. The smallest absolute Gasteiger partial charge is 0.162 e. The normalized spacial score (nSPS) is 13.3. The van der Waals surface area contributed by atoms with E-state index in [0.29, 0.717) is 35.8 Å². The standard InChI is InChI=1S/C15H24ClNO3/c1-15(2,3)7-12(18)9-17-8-10-5-11(16)6-13(20-4)14(10)19/h5-6,12,17-19H,7-9H2,1-4H3. The van der Waals surface area contributed by atoms with Crippen molar-refractivity contribution in [1.82, 2.24) is 5.32 Å². The van der Waals surface area contributed by atoms with Gasteiger partial charge in [0.1, 0.15) is 0 Å². The first-order chi connectivity index (χ1) is 9.23. The third-order valence-corrected chi connectivity index (χ3v) is 3.10. The molecular formula is C15H24ClNO3. The molecule has 0 aliphatic rings. The number of nitrogens with one attached hydrogen (secondary N) is 1. The van der Waals surface area contributed by atoms with Crippen LogP contribution in [0.2, 0.25) is 5.02 Å². The summed E-state index contributed by atoms with van der Waals surface area (Å²) >= 11 is 5.96. The van der Waals surface area contributed by atoms with Crippen LogP contribution in [-0.2, 0) is 6.54 Å². The molecular weight excluding hydrogens is 278 g/mol. The van der Waals surface area contributed by atoms with E-state index < -0.39 is 6.10 Å². The molecule has 0 saturated carbocycles. The number of phenols is 1. The molecule has 0 radical (unpaired) electrons. The van der Waals surface area contributed by atoms with Crippen molar-refractivity contribution in [3.8, 4) is 11.5 Å². The Morgan fingerprint density at radius 2 is 2.00 bits per heavy atom. The van der Waals surface area contributed by atoms with Crippen molar-refractivity contribution in [2.45, 2.75) is 39.8 Å². The molecule has 0 aromatic heterocycles. The van der Waals surface area contributed by atoms with E-state index in [9.17, 15) is 10.2 Å². The first-order valence-electron chi connectivity index (χ1n) is 6.67. The molecule has 0 heterocycles. The molecule has 114 valence electrons. The highest BCUT2D eigenvalue weighted by Gasteiger charge is 2.16. The van der Waals surface area contributed by atoms with E-state index in [-0.39, 0.29) is 11.2 Å². The van der Waals surface area contributed by atoms with Gasteiger partial charge in [-0.15, -0.1) is 0 Å². The van der Waals surface area contributed by atoms with Gasteiger partial charge in [0.25, 0.3) is 0 Å². The summed E-state index contributed by atoms with van der Waals surface area (Å²) in [4.78, 5) is 0. The summed E-state index contributed by atoms with van der Waals surface area (Å²) < 4.78 is 5.05. The van der Waals surface area contributed by atoms with E-state index in [2.05, 4.69) is 26.1 Å². The van der Waals surface area contributed by atoms with E-state index in [1.54, 1.807) is 12.1 Å². The van der Waals surface area contributed by atoms with Crippen LogP contribution in [0.15, 0.2) is 12.1 Å². The molecule has 0 saturated heterocycles. The number of benzene rings is 1. The number of phenolic OH excluding ortho intramolecular Hbond substituents is 1. The average Bonchev–Trinajstić information content (AvgIpc) is 2.30. The minimum absolute atomic E-state index is 0.0784. The fraction of sp³-hybridized carbons (Fsp3) is 0.600. The zero-order valence-electron chi connectivity index (χ0n) is 12.5. The van der Waals surface area contributed by atoms with E-state index in [4.69, 9.17) is 16.3 Å². The monoisotopic (exact) mass is 301 g/mol. The highest BCUT2D eigenvalue weighted by Crippen LogP contribution is 2.33. The van der Waals surface area contributed by atoms with Crippen LogP contribution < -0.4 is 10.1 Å². The van der Waals surface area contributed by atoms with Crippen molar-refractivity contribution < 1.29 is 14.9 Å². The first kappa shape index (κ1) is 17.1. The van der Waals surface area contributed by atoms with Crippen molar-refractivity contribution in [3.63, 3.8) is 0 Å². The van der Waals surface area contributed by atoms with Crippen molar-refractivity contribution in [2.75, 3.05) is 13.7 Å². The Hall–Kier alpha value is -0.970. The van der Waals surface area contributed by atoms with Crippen LogP contribution in [0.5, 0.6) is 11.5 Å². The lowest BCUT2D eigenvalue weighted by Crippen LogP contribution is -2.29. The number of aromatic hydroxyl groups is 1. The second-order valence-electron chi connectivity index (χ2n) is 6.17. The molecule has 0 bridgehead atoms. The number of methoxy groups -OCH3 is 1. The maximum Gasteiger partial charge on any atom is 0.162 e. The van der Waals surface area contributed by atoms with Gasteiger partial charge in [0.15, 0.2) is 11.5 Å². The second-order valence-corrected chi connectivity index (χ2v) is 6.60. The van der Waals surface area contributed by atoms with E-state index in [1.165, 1.54) is 7.11 Å². The zero-order valence-corrected chi connectivity index (χ0v) is 13.3. The summed E-state index contributed by atoms with van der Waals surface area (Å²) in [5, 5.41) is 23.5. The van der Waals surface area contributed by atoms with Crippen LogP contribution >= 0.6 is 11.6 Å². The molecule has 1 unspecified atom stereocenters. The number of halogens is 1. The fourth-order valence-electron chi connectivity index (χ4n) is 2.07. The lowest BCUT2D eigenvalue weighted by Gasteiger charge is -2.22. The predicted octanol–water partition coefficient (Wildman–Crippen LogP) is 2.94. The number of ether oxygens (including phenoxy) is 1. The van der Waals surface area contributed by atoms with E-state index in [1.807, 2.05) is 0 Å². The van der Waals surface area contributed by atoms with Gasteiger partial charge in [-0.1, -0.05) is 32.4 Å². The summed E-state index contributed by atoms with van der Waals surface area (Å²) in [6, 6.07) is 3.25. The summed E-state index contributed by atoms with van der Waals surface area (Å²) in [5.41, 5.74) is 0.736. The van der Waals surface area contributed by atoms with E-state index >= 15 is 0 Å². The quantitative estimate of drug-likeness (QED) is 0.756. The maximum atomic E-state index is 9.98. The molecule has 1 aromatic carbocycles. The molecule has 20 heavy (non-hydrogen) atoms. The Kier molecular flexibility index (Phi) is 6.11. The van der Waals surface area contributed by atoms with Gasteiger partial charge < -0.3 is 20.3 Å². The molecule has 5 heteroatoms. The van der Waals surface area contributed by atoms with Gasteiger partial charge in [0.2, 0.25) is 0 Å². The third kappa shape index (κ3) is 5.57. The molecule has 0 spiro atoms. The number of hydrogen-bond donors (Lipinski definition) is 3. The van der Waals surface area contributed by atoms with Crippen LogP contribution in [-0.4, -0.2) is 30.0 Å². The highest BCUT2D eigenvalue weighted by molar-refractivity contribution is 6.30. The summed E-state index contributed by atoms with van der Waals surface area (Å²) in [6.07, 6.45) is 0.295. The van der Waals surface area contributed by atoms with Crippen LogP contribution in [0.1, 0.15) is 32.8 Å². The van der Waals surface area contributed by atoms with Gasteiger partial charge >= 0.3 is 0 Å². The Labute approximate surface area is 125 Å². The Bertz CT molecular complexity index is 443. The molecule has 1 aromatic rings. The van der Waals surface area contributed by atoms with Crippen LogP contribution in [0.3, 0.4) is 0 Å². The number of rotatable bonds is 6. The van der Waals surface area contributed by atoms with Gasteiger partial charge in [-0.25, -0.2) is 0 Å². The SMILES string of the molecule is COc1cc(Cl)cc(CNCC(O)CC(C)(C)C)c1O. The van der Waals surface area contributed by atoms with Crippen molar-refractivity contribution >= 4 is 11.6 Å². The second kappa shape index (κ2) is 7.16. The topological polar surface area (TPSA) is 61.7 Å². The van der Waals surface area contributed by atoms with Crippen LogP contribution in [0.4, 0.5) is 0 Å². The average molecular weight is 302 g/mol. The molecule has 1 atom stereocenters. The van der Waals surface area contributed by atoms with Crippen molar-refractivity contribution in [3.05, 3.63) is 22.7 Å². The summed E-state index contributed by atoms with van der Waals surface area (Å²) in [5.74, 6) is 0.430. The van der Waals surface area contributed by atoms with Gasteiger partial charge in [-0.2, -0.15) is 0 Å². The van der Waals surface area contributed by atoms with Crippen molar-refractivity contribution in [2.24, 2.45) is 5.41 Å². The maximum absolute atomic E-state index is 9.98. The number of aliphatic hydroxyl groups is 1. The van der Waals surface area contributed by atoms with E-state index in [0.717, 1.165) is 0 Å². The molecule has 1 rings (SSSR count). The highest BCUT2D eigenvalue weighted by atomic mass is 35.5. The molecule has 4 nitrogen and oxygen atoms in total. The Balaban J connectivity index is 2.56. The first-order valence-corrected chi connectivity index (χ1v) is 7.05. The molecule has 0 aliphatic carbocycles. The minimum Gasteiger partial charge on any atom is -0.504 e. The molecule has 0 aliphatic heterocycles. The van der Waals surface area contributed by atoms with Crippen LogP contribution in [0.25, 0.3) is 0 Å². The molecule has 0 amide bonds. The minimum atomic E-state index is -0.418. The lowest BCUT2D eigenvalue weighted by atomic mass is 9.89. The third-order valence-electron chi connectivity index (χ3n) is 2.88. The van der Waals surface area contributed by atoms with Gasteiger partial charge in [-0.05, 0) is 17.9 Å². The Morgan fingerprint density at radius 1 is 1.35 bits per heavy atom. The number of hydrogen-bond acceptors (Lipinski definition) is 4. The van der Waals surface area contributed by atoms with Crippen molar-refractivity contribution in [1.29, 1.82) is 0 Å². The molecule has 0 fully saturated rings. The van der Waals surface area contributed by atoms with Gasteiger partial charge in [0.05, 0.1) is 13.2 Å². The van der Waals surface area contributed by atoms with Gasteiger partial charge in [-0.3, -0.25) is 0 Å². The summed E-state index contributed by atoms with van der Waals surface area (Å²) in [6.45, 7) is 7.15.